The second kappa shape index (κ2) is 4.50. The van der Waals surface area contributed by atoms with Crippen molar-refractivity contribution in [3.63, 3.8) is 0 Å². The highest BCUT2D eigenvalue weighted by Gasteiger charge is 2.30. The lowest BCUT2D eigenvalue weighted by Gasteiger charge is -2.35. The van der Waals surface area contributed by atoms with Gasteiger partial charge in [0.2, 0.25) is 5.95 Å². The Morgan fingerprint density at radius 1 is 1.30 bits per heavy atom. The molecule has 1 aliphatic rings. The topological polar surface area (TPSA) is 61.7 Å². The van der Waals surface area contributed by atoms with Crippen molar-refractivity contribution in [2.75, 3.05) is 5.73 Å². The molecule has 0 aromatic carbocycles. The minimum Gasteiger partial charge on any atom is -0.369 e. The molecule has 110 valence electrons. The van der Waals surface area contributed by atoms with Gasteiger partial charge in [-0.15, -0.1) is 0 Å². The normalized spacial score (nSPS) is 19.8. The Hall–Kier alpha value is -1.52. The van der Waals surface area contributed by atoms with E-state index < -0.39 is 0 Å². The highest BCUT2D eigenvalue weighted by Crippen LogP contribution is 2.42. The maximum absolute atomic E-state index is 6.20. The van der Waals surface area contributed by atoms with Crippen LogP contribution in [0.3, 0.4) is 0 Å². The Morgan fingerprint density at radius 2 is 1.95 bits per heavy atom. The molecule has 0 saturated heterocycles. The SMILES string of the molecule is CCn1nc(C)c2nc(N)n(C3CCC(C)(C)CC3)c21. The average Bonchev–Trinajstić information content (AvgIpc) is 2.87. The molecule has 0 unspecified atom stereocenters. The van der Waals surface area contributed by atoms with Gasteiger partial charge < -0.3 is 5.73 Å². The average molecular weight is 275 g/mol. The molecule has 2 N–H and O–H groups in total. The smallest absolute Gasteiger partial charge is 0.202 e. The van der Waals surface area contributed by atoms with Gasteiger partial charge in [0.15, 0.2) is 5.65 Å². The number of fused-ring (bicyclic) bond motifs is 1. The van der Waals surface area contributed by atoms with Gasteiger partial charge in [-0.05, 0) is 44.9 Å². The summed E-state index contributed by atoms with van der Waals surface area (Å²) < 4.78 is 4.27. The zero-order chi connectivity index (χ0) is 14.5. The van der Waals surface area contributed by atoms with E-state index in [9.17, 15) is 0 Å². The van der Waals surface area contributed by atoms with Crippen LogP contribution in [0.15, 0.2) is 0 Å². The third kappa shape index (κ3) is 2.00. The zero-order valence-electron chi connectivity index (χ0n) is 13.0. The summed E-state index contributed by atoms with van der Waals surface area (Å²) in [5.41, 5.74) is 9.71. The van der Waals surface area contributed by atoms with Crippen LogP contribution in [-0.4, -0.2) is 19.3 Å². The quantitative estimate of drug-likeness (QED) is 0.914. The summed E-state index contributed by atoms with van der Waals surface area (Å²) in [5, 5.41) is 4.57. The Morgan fingerprint density at radius 3 is 2.55 bits per heavy atom. The molecular weight excluding hydrogens is 250 g/mol. The zero-order valence-corrected chi connectivity index (χ0v) is 13.0. The molecule has 1 aliphatic carbocycles. The fourth-order valence-electron chi connectivity index (χ4n) is 3.43. The van der Waals surface area contributed by atoms with Crippen LogP contribution in [0.25, 0.3) is 11.2 Å². The molecule has 2 aromatic heterocycles. The lowest BCUT2D eigenvalue weighted by atomic mass is 9.75. The number of aryl methyl sites for hydroxylation is 2. The summed E-state index contributed by atoms with van der Waals surface area (Å²) in [7, 11) is 0. The molecule has 5 heteroatoms. The lowest BCUT2D eigenvalue weighted by molar-refractivity contribution is 0.196. The number of nitrogen functional groups attached to an aromatic ring is 1. The van der Waals surface area contributed by atoms with Crippen LogP contribution in [0.4, 0.5) is 5.95 Å². The third-order valence-electron chi connectivity index (χ3n) is 4.74. The van der Waals surface area contributed by atoms with E-state index in [1.165, 1.54) is 25.7 Å². The molecule has 0 amide bonds. The number of hydrogen-bond donors (Lipinski definition) is 1. The van der Waals surface area contributed by atoms with Gasteiger partial charge in [-0.3, -0.25) is 4.57 Å². The maximum atomic E-state index is 6.20. The number of nitrogens with two attached hydrogens (primary N) is 1. The summed E-state index contributed by atoms with van der Waals surface area (Å²) in [6, 6.07) is 0.467. The highest BCUT2D eigenvalue weighted by atomic mass is 15.4. The van der Waals surface area contributed by atoms with Gasteiger partial charge in [0.1, 0.15) is 5.52 Å². The first-order valence-electron chi connectivity index (χ1n) is 7.64. The predicted octanol–water partition coefficient (Wildman–Crippen LogP) is 3.28. The van der Waals surface area contributed by atoms with E-state index in [-0.39, 0.29) is 0 Å². The summed E-state index contributed by atoms with van der Waals surface area (Å²) in [5.74, 6) is 0.646. The molecule has 5 nitrogen and oxygen atoms in total. The lowest BCUT2D eigenvalue weighted by Crippen LogP contribution is -2.24. The second-order valence-electron chi connectivity index (χ2n) is 6.81. The monoisotopic (exact) mass is 275 g/mol. The standard InChI is InChI=1S/C15H25N5/c1-5-19-13-12(10(2)18-19)17-14(16)20(13)11-6-8-15(3,4)9-7-11/h11H,5-9H2,1-4H3,(H2,16,17). The molecule has 3 rings (SSSR count). The van der Waals surface area contributed by atoms with E-state index in [0.29, 0.717) is 17.4 Å². The van der Waals surface area contributed by atoms with Crippen molar-refractivity contribution in [2.45, 2.75) is 66.0 Å². The molecule has 0 aliphatic heterocycles. The van der Waals surface area contributed by atoms with Crippen LogP contribution in [0.5, 0.6) is 0 Å². The molecule has 0 atom stereocenters. The van der Waals surface area contributed by atoms with E-state index in [1.807, 2.05) is 11.6 Å². The third-order valence-corrected chi connectivity index (χ3v) is 4.74. The van der Waals surface area contributed by atoms with Crippen molar-refractivity contribution in [1.29, 1.82) is 0 Å². The highest BCUT2D eigenvalue weighted by molar-refractivity contribution is 5.77. The fraction of sp³-hybridized carbons (Fsp3) is 0.733. The van der Waals surface area contributed by atoms with Gasteiger partial charge in [-0.25, -0.2) is 9.67 Å². The summed E-state index contributed by atoms with van der Waals surface area (Å²) in [4.78, 5) is 4.55. The van der Waals surface area contributed by atoms with E-state index in [0.717, 1.165) is 23.4 Å². The molecule has 0 bridgehead atoms. The number of nitrogens with zero attached hydrogens (tertiary/aromatic N) is 4. The molecule has 2 heterocycles. The molecule has 1 fully saturated rings. The number of aromatic nitrogens is 4. The number of rotatable bonds is 2. The van der Waals surface area contributed by atoms with Crippen molar-refractivity contribution in [3.05, 3.63) is 5.69 Å². The van der Waals surface area contributed by atoms with Crippen molar-refractivity contribution in [1.82, 2.24) is 19.3 Å². The Bertz CT molecular complexity index is 624. The fourth-order valence-corrected chi connectivity index (χ4v) is 3.43. The number of imidazole rings is 1. The molecule has 2 aromatic rings. The van der Waals surface area contributed by atoms with Crippen LogP contribution in [0.2, 0.25) is 0 Å². The summed E-state index contributed by atoms with van der Waals surface area (Å²) >= 11 is 0. The molecule has 0 radical (unpaired) electrons. The van der Waals surface area contributed by atoms with Gasteiger partial charge >= 0.3 is 0 Å². The van der Waals surface area contributed by atoms with Crippen LogP contribution >= 0.6 is 0 Å². The van der Waals surface area contributed by atoms with Gasteiger partial charge in [-0.2, -0.15) is 5.10 Å². The Kier molecular flexibility index (Phi) is 3.03. The van der Waals surface area contributed by atoms with Crippen molar-refractivity contribution in [2.24, 2.45) is 5.41 Å². The maximum Gasteiger partial charge on any atom is 0.202 e. The first-order chi connectivity index (χ1) is 9.43. The van der Waals surface area contributed by atoms with E-state index in [1.54, 1.807) is 0 Å². The van der Waals surface area contributed by atoms with Crippen molar-refractivity contribution >= 4 is 17.1 Å². The van der Waals surface area contributed by atoms with Crippen molar-refractivity contribution < 1.29 is 0 Å². The Labute approximate surface area is 120 Å². The molecule has 20 heavy (non-hydrogen) atoms. The second-order valence-corrected chi connectivity index (χ2v) is 6.81. The molecular formula is C15H25N5. The largest absolute Gasteiger partial charge is 0.369 e. The van der Waals surface area contributed by atoms with E-state index in [4.69, 9.17) is 5.73 Å². The Balaban J connectivity index is 2.05. The first-order valence-corrected chi connectivity index (χ1v) is 7.64. The molecule has 0 spiro atoms. The van der Waals surface area contributed by atoms with Gasteiger partial charge in [0, 0.05) is 12.6 Å². The number of anilines is 1. The van der Waals surface area contributed by atoms with Crippen LogP contribution in [0.1, 0.15) is 58.2 Å². The van der Waals surface area contributed by atoms with Crippen molar-refractivity contribution in [3.8, 4) is 0 Å². The minimum absolute atomic E-state index is 0.464. The summed E-state index contributed by atoms with van der Waals surface area (Å²) in [6.07, 6.45) is 4.85. The van der Waals surface area contributed by atoms with Crippen LogP contribution < -0.4 is 5.73 Å². The van der Waals surface area contributed by atoms with Gasteiger partial charge in [-0.1, -0.05) is 13.8 Å². The van der Waals surface area contributed by atoms with Crippen LogP contribution in [-0.2, 0) is 6.54 Å². The van der Waals surface area contributed by atoms with Crippen LogP contribution in [0, 0.1) is 12.3 Å². The number of hydrogen-bond acceptors (Lipinski definition) is 3. The molecule has 1 saturated carbocycles. The summed E-state index contributed by atoms with van der Waals surface area (Å²) in [6.45, 7) is 9.69. The predicted molar refractivity (Wildman–Crippen MR) is 81.6 cm³/mol. The van der Waals surface area contributed by atoms with Gasteiger partial charge in [0.05, 0.1) is 5.69 Å². The van der Waals surface area contributed by atoms with E-state index >= 15 is 0 Å². The minimum atomic E-state index is 0.464. The first kappa shape index (κ1) is 13.5. The van der Waals surface area contributed by atoms with Gasteiger partial charge in [0.25, 0.3) is 0 Å². The van der Waals surface area contributed by atoms with E-state index in [2.05, 4.69) is 35.4 Å².